The maximum Gasteiger partial charge on any atom is 0.154 e. The van der Waals surface area contributed by atoms with Crippen LogP contribution >= 0.6 is 0 Å². The Morgan fingerprint density at radius 1 is 1.12 bits per heavy atom. The van der Waals surface area contributed by atoms with Crippen LogP contribution in [-0.2, 0) is 14.2 Å². The summed E-state index contributed by atoms with van der Waals surface area (Å²) < 4.78 is 16.5. The van der Waals surface area contributed by atoms with Gasteiger partial charge in [0.05, 0.1) is 6.73 Å². The van der Waals surface area contributed by atoms with Gasteiger partial charge in [-0.05, 0) is 40.4 Å². The van der Waals surface area contributed by atoms with E-state index in [2.05, 4.69) is 0 Å². The Morgan fingerprint density at radius 2 is 1.76 bits per heavy atom. The Balaban J connectivity index is 3.29. The summed E-state index contributed by atoms with van der Waals surface area (Å²) in [5, 5.41) is 0. The standard InChI is InChI=1S/C12H29NO3Si/c1-5-15-12(16-6-2)10-17-9-7-8-14-11-13(3)4/h12H,5-11,17H2,1-4H3. The van der Waals surface area contributed by atoms with Crippen molar-refractivity contribution in [3.05, 3.63) is 0 Å². The van der Waals surface area contributed by atoms with E-state index in [4.69, 9.17) is 14.2 Å². The topological polar surface area (TPSA) is 30.9 Å². The molecule has 0 unspecified atom stereocenters. The van der Waals surface area contributed by atoms with Gasteiger partial charge in [0.25, 0.3) is 0 Å². The molecule has 0 N–H and O–H groups in total. The van der Waals surface area contributed by atoms with Gasteiger partial charge in [-0.15, -0.1) is 0 Å². The number of hydrogen-bond acceptors (Lipinski definition) is 4. The van der Waals surface area contributed by atoms with Crippen LogP contribution in [0.25, 0.3) is 0 Å². The summed E-state index contributed by atoms with van der Waals surface area (Å²) in [5.74, 6) is 0. The lowest BCUT2D eigenvalue weighted by molar-refractivity contribution is -0.123. The van der Waals surface area contributed by atoms with E-state index in [-0.39, 0.29) is 15.8 Å². The van der Waals surface area contributed by atoms with Gasteiger partial charge in [-0.3, -0.25) is 4.90 Å². The number of hydrogen-bond donors (Lipinski definition) is 0. The van der Waals surface area contributed by atoms with Crippen LogP contribution in [0.1, 0.15) is 20.3 Å². The third-order valence-corrected chi connectivity index (χ3v) is 4.16. The highest BCUT2D eigenvalue weighted by molar-refractivity contribution is 6.35. The predicted octanol–water partition coefficient (Wildman–Crippen LogP) is 1.32. The molecule has 104 valence electrons. The fourth-order valence-electron chi connectivity index (χ4n) is 1.53. The van der Waals surface area contributed by atoms with Crippen LogP contribution in [0.4, 0.5) is 0 Å². The molecule has 0 saturated heterocycles. The Labute approximate surface area is 108 Å². The van der Waals surface area contributed by atoms with Gasteiger partial charge in [-0.1, -0.05) is 6.04 Å². The van der Waals surface area contributed by atoms with Crippen molar-refractivity contribution < 1.29 is 14.2 Å². The maximum absolute atomic E-state index is 5.52. The first-order valence-corrected chi connectivity index (χ1v) is 8.66. The van der Waals surface area contributed by atoms with Crippen molar-refractivity contribution in [2.75, 3.05) is 40.6 Å². The molecule has 0 amide bonds. The van der Waals surface area contributed by atoms with E-state index in [1.165, 1.54) is 12.5 Å². The number of ether oxygens (including phenoxy) is 3. The minimum atomic E-state index is -0.0677. The second-order valence-electron chi connectivity index (χ2n) is 4.31. The lowest BCUT2D eigenvalue weighted by Crippen LogP contribution is -2.19. The molecule has 0 rings (SSSR count). The van der Waals surface area contributed by atoms with E-state index < -0.39 is 0 Å². The molecule has 0 saturated carbocycles. The Kier molecular flexibility index (Phi) is 12.6. The zero-order valence-corrected chi connectivity index (χ0v) is 13.3. The molecule has 0 atom stereocenters. The summed E-state index contributed by atoms with van der Waals surface area (Å²) in [4.78, 5) is 2.04. The van der Waals surface area contributed by atoms with Crippen LogP contribution in [0.5, 0.6) is 0 Å². The molecule has 0 aliphatic heterocycles. The van der Waals surface area contributed by atoms with Gasteiger partial charge < -0.3 is 14.2 Å². The van der Waals surface area contributed by atoms with Crippen LogP contribution in [-0.4, -0.2) is 61.4 Å². The molecule has 4 nitrogen and oxygen atoms in total. The average molecular weight is 263 g/mol. The van der Waals surface area contributed by atoms with E-state index >= 15 is 0 Å². The van der Waals surface area contributed by atoms with E-state index in [0.29, 0.717) is 0 Å². The highest BCUT2D eigenvalue weighted by Crippen LogP contribution is 2.04. The fraction of sp³-hybridized carbons (Fsp3) is 1.00. The van der Waals surface area contributed by atoms with Crippen LogP contribution < -0.4 is 0 Å². The van der Waals surface area contributed by atoms with Crippen molar-refractivity contribution in [3.63, 3.8) is 0 Å². The van der Waals surface area contributed by atoms with Gasteiger partial charge in [0.1, 0.15) is 0 Å². The van der Waals surface area contributed by atoms with Crippen molar-refractivity contribution in [3.8, 4) is 0 Å². The third-order valence-electron chi connectivity index (χ3n) is 2.28. The zero-order valence-electron chi connectivity index (χ0n) is 11.9. The van der Waals surface area contributed by atoms with Gasteiger partial charge >= 0.3 is 0 Å². The molecule has 0 bridgehead atoms. The molecule has 0 heterocycles. The summed E-state index contributed by atoms with van der Waals surface area (Å²) in [7, 11) is 3.97. The van der Waals surface area contributed by atoms with E-state index in [0.717, 1.165) is 32.6 Å². The first-order chi connectivity index (χ1) is 8.20. The SMILES string of the molecule is CCOC(C[SiH2]CCCOCN(C)C)OCC. The lowest BCUT2D eigenvalue weighted by Gasteiger charge is -2.16. The normalized spacial score (nSPS) is 12.4. The quantitative estimate of drug-likeness (QED) is 0.302. The van der Waals surface area contributed by atoms with Gasteiger partial charge in [0, 0.05) is 29.3 Å². The second kappa shape index (κ2) is 12.5. The van der Waals surface area contributed by atoms with Crippen LogP contribution in [0.15, 0.2) is 0 Å². The summed E-state index contributed by atoms with van der Waals surface area (Å²) in [6.45, 7) is 7.11. The first-order valence-electron chi connectivity index (χ1n) is 6.66. The van der Waals surface area contributed by atoms with Crippen LogP contribution in [0.2, 0.25) is 12.1 Å². The molecule has 0 spiro atoms. The molecule has 0 aromatic carbocycles. The zero-order chi connectivity index (χ0) is 12.9. The van der Waals surface area contributed by atoms with Crippen molar-refractivity contribution in [1.29, 1.82) is 0 Å². The molecule has 5 heteroatoms. The molecular weight excluding hydrogens is 234 g/mol. The lowest BCUT2D eigenvalue weighted by atomic mass is 10.5. The Hall–Kier alpha value is 0.0569. The van der Waals surface area contributed by atoms with Gasteiger partial charge in [-0.2, -0.15) is 0 Å². The number of nitrogens with zero attached hydrogens (tertiary/aromatic N) is 1. The molecule has 0 aliphatic carbocycles. The monoisotopic (exact) mass is 263 g/mol. The maximum atomic E-state index is 5.52. The molecule has 0 aromatic rings. The Bertz CT molecular complexity index is 153. The minimum Gasteiger partial charge on any atom is -0.366 e. The van der Waals surface area contributed by atoms with Crippen molar-refractivity contribution in [2.45, 2.75) is 38.6 Å². The molecular formula is C12H29NO3Si. The Morgan fingerprint density at radius 3 is 2.29 bits per heavy atom. The average Bonchev–Trinajstić information content (AvgIpc) is 2.28. The van der Waals surface area contributed by atoms with Gasteiger partial charge in [0.2, 0.25) is 0 Å². The van der Waals surface area contributed by atoms with E-state index in [1.54, 1.807) is 0 Å². The summed E-state index contributed by atoms with van der Waals surface area (Å²) in [6, 6.07) is 2.43. The molecule has 0 aliphatic rings. The summed E-state index contributed by atoms with van der Waals surface area (Å²) in [5.41, 5.74) is 0. The highest BCUT2D eigenvalue weighted by atomic mass is 28.2. The molecule has 0 radical (unpaired) electrons. The van der Waals surface area contributed by atoms with E-state index in [9.17, 15) is 0 Å². The third kappa shape index (κ3) is 12.3. The molecule has 0 fully saturated rings. The van der Waals surface area contributed by atoms with Crippen LogP contribution in [0, 0.1) is 0 Å². The van der Waals surface area contributed by atoms with Gasteiger partial charge in [-0.25, -0.2) is 0 Å². The summed E-state index contributed by atoms with van der Waals surface area (Å²) >= 11 is 0. The highest BCUT2D eigenvalue weighted by Gasteiger charge is 2.07. The van der Waals surface area contributed by atoms with Crippen molar-refractivity contribution >= 4 is 9.52 Å². The second-order valence-corrected chi connectivity index (χ2v) is 6.30. The van der Waals surface area contributed by atoms with Crippen molar-refractivity contribution in [2.24, 2.45) is 0 Å². The van der Waals surface area contributed by atoms with Gasteiger partial charge in [0.15, 0.2) is 6.29 Å². The smallest absolute Gasteiger partial charge is 0.154 e. The van der Waals surface area contributed by atoms with Crippen molar-refractivity contribution in [1.82, 2.24) is 4.90 Å². The molecule has 0 aromatic heterocycles. The minimum absolute atomic E-state index is 0.0411. The largest absolute Gasteiger partial charge is 0.366 e. The number of rotatable bonds is 12. The fourth-order valence-corrected chi connectivity index (χ4v) is 3.04. The molecule has 17 heavy (non-hydrogen) atoms. The first kappa shape index (κ1) is 17.1. The predicted molar refractivity (Wildman–Crippen MR) is 74.3 cm³/mol. The summed E-state index contributed by atoms with van der Waals surface area (Å²) in [6.07, 6.45) is 1.21. The van der Waals surface area contributed by atoms with Crippen LogP contribution in [0.3, 0.4) is 0 Å². The van der Waals surface area contributed by atoms with E-state index in [1.807, 2.05) is 32.8 Å².